The van der Waals surface area contributed by atoms with Crippen LogP contribution >= 0.6 is 0 Å². The minimum atomic E-state index is -1.01. The first-order valence-corrected chi connectivity index (χ1v) is 7.43. The number of aromatic carboxylic acids is 1. The third kappa shape index (κ3) is 2.44. The lowest BCUT2D eigenvalue weighted by atomic mass is 9.78. The maximum Gasteiger partial charge on any atom is 0.358 e. The zero-order chi connectivity index (χ0) is 14.3. The van der Waals surface area contributed by atoms with Crippen LogP contribution in [0.2, 0.25) is 0 Å². The van der Waals surface area contributed by atoms with Crippen LogP contribution in [-0.4, -0.2) is 50.1 Å². The van der Waals surface area contributed by atoms with E-state index in [4.69, 9.17) is 5.11 Å². The molecule has 1 aliphatic carbocycles. The van der Waals surface area contributed by atoms with E-state index in [1.165, 1.54) is 25.5 Å². The summed E-state index contributed by atoms with van der Waals surface area (Å²) in [6, 6.07) is 0.956. The molecule has 0 bridgehead atoms. The zero-order valence-electron chi connectivity index (χ0n) is 12.1. The Hall–Kier alpha value is -1.43. The Balaban J connectivity index is 1.58. The van der Waals surface area contributed by atoms with E-state index in [0.717, 1.165) is 24.9 Å². The van der Waals surface area contributed by atoms with Crippen LogP contribution in [0.4, 0.5) is 0 Å². The number of hydrogen-bond acceptors (Lipinski definition) is 4. The maximum absolute atomic E-state index is 10.8. The Morgan fingerprint density at radius 1 is 1.35 bits per heavy atom. The summed E-state index contributed by atoms with van der Waals surface area (Å²) in [5.41, 5.74) is 0.0307. The van der Waals surface area contributed by atoms with Gasteiger partial charge in [-0.1, -0.05) is 25.5 Å². The summed E-state index contributed by atoms with van der Waals surface area (Å²) < 4.78 is 1.71. The zero-order valence-corrected chi connectivity index (χ0v) is 12.1. The van der Waals surface area contributed by atoms with Crippen LogP contribution in [0.15, 0.2) is 6.20 Å². The lowest BCUT2D eigenvalue weighted by Gasteiger charge is -2.48. The van der Waals surface area contributed by atoms with Gasteiger partial charge in [0.1, 0.15) is 0 Å². The number of likely N-dealkylation sites (tertiary alicyclic amines) is 1. The van der Waals surface area contributed by atoms with E-state index in [0.29, 0.717) is 6.04 Å². The molecule has 3 unspecified atom stereocenters. The van der Waals surface area contributed by atoms with E-state index < -0.39 is 5.97 Å². The Kier molecular flexibility index (Phi) is 3.50. The summed E-state index contributed by atoms with van der Waals surface area (Å²) in [6.07, 6.45) is 5.49. The van der Waals surface area contributed by atoms with Gasteiger partial charge in [-0.25, -0.2) is 9.48 Å². The number of carboxylic acids is 1. The first-order valence-electron chi connectivity index (χ1n) is 7.43. The lowest BCUT2D eigenvalue weighted by molar-refractivity contribution is 0.00155. The molecule has 1 saturated heterocycles. The van der Waals surface area contributed by atoms with Crippen LogP contribution in [0.5, 0.6) is 0 Å². The molecule has 0 amide bonds. The number of carbonyl (C=O) groups is 1. The van der Waals surface area contributed by atoms with Crippen molar-refractivity contribution in [3.8, 4) is 0 Å². The van der Waals surface area contributed by atoms with E-state index in [-0.39, 0.29) is 11.7 Å². The number of rotatable bonds is 3. The summed E-state index contributed by atoms with van der Waals surface area (Å²) >= 11 is 0. The highest BCUT2D eigenvalue weighted by Crippen LogP contribution is 2.36. The second-order valence-corrected chi connectivity index (χ2v) is 6.46. The molecule has 0 radical (unpaired) electrons. The minimum absolute atomic E-state index is 0.0307. The first kappa shape index (κ1) is 13.5. The standard InChI is InChI=1S/C14H22N4O2/c1-9-3-4-10(2)13(5-9)17-6-11(7-17)18-8-12(14(19)20)15-16-18/h8-11,13H,3-7H2,1-2H3,(H,19,20). The minimum Gasteiger partial charge on any atom is -0.476 e. The Bertz CT molecular complexity index is 495. The SMILES string of the molecule is CC1CCC(C)C(N2CC(n3cc(C(=O)O)nn3)C2)C1. The number of carboxylic acid groups (broad SMARTS) is 1. The van der Waals surface area contributed by atoms with Crippen molar-refractivity contribution in [3.05, 3.63) is 11.9 Å². The molecule has 110 valence electrons. The molecule has 3 rings (SSSR count). The van der Waals surface area contributed by atoms with Gasteiger partial charge in [0.05, 0.1) is 12.2 Å². The van der Waals surface area contributed by atoms with Crippen molar-refractivity contribution >= 4 is 5.97 Å². The molecule has 20 heavy (non-hydrogen) atoms. The maximum atomic E-state index is 10.8. The molecular formula is C14H22N4O2. The van der Waals surface area contributed by atoms with Gasteiger partial charge in [0.25, 0.3) is 0 Å². The average molecular weight is 278 g/mol. The molecule has 3 atom stereocenters. The highest BCUT2D eigenvalue weighted by molar-refractivity contribution is 5.84. The Labute approximate surface area is 118 Å². The summed E-state index contributed by atoms with van der Waals surface area (Å²) in [4.78, 5) is 13.3. The van der Waals surface area contributed by atoms with Crippen molar-refractivity contribution in [3.63, 3.8) is 0 Å². The van der Waals surface area contributed by atoms with Crippen LogP contribution in [0.25, 0.3) is 0 Å². The summed E-state index contributed by atoms with van der Waals surface area (Å²) in [5.74, 6) is 0.569. The molecule has 2 aliphatic rings. The van der Waals surface area contributed by atoms with Gasteiger partial charge >= 0.3 is 5.97 Å². The van der Waals surface area contributed by atoms with Gasteiger partial charge in [0.2, 0.25) is 0 Å². The van der Waals surface area contributed by atoms with Gasteiger partial charge in [-0.3, -0.25) is 4.90 Å². The van der Waals surface area contributed by atoms with Crippen LogP contribution in [-0.2, 0) is 0 Å². The largest absolute Gasteiger partial charge is 0.476 e. The Morgan fingerprint density at radius 3 is 2.75 bits per heavy atom. The molecule has 1 saturated carbocycles. The van der Waals surface area contributed by atoms with Crippen LogP contribution < -0.4 is 0 Å². The highest BCUT2D eigenvalue weighted by atomic mass is 16.4. The number of hydrogen-bond donors (Lipinski definition) is 1. The second kappa shape index (κ2) is 5.16. The van der Waals surface area contributed by atoms with Crippen LogP contribution in [0, 0.1) is 11.8 Å². The topological polar surface area (TPSA) is 71.2 Å². The monoisotopic (exact) mass is 278 g/mol. The van der Waals surface area contributed by atoms with Crippen molar-refractivity contribution in [1.82, 2.24) is 19.9 Å². The van der Waals surface area contributed by atoms with Crippen molar-refractivity contribution in [2.24, 2.45) is 11.8 Å². The van der Waals surface area contributed by atoms with Crippen LogP contribution in [0.3, 0.4) is 0 Å². The van der Waals surface area contributed by atoms with Gasteiger partial charge in [-0.15, -0.1) is 5.10 Å². The van der Waals surface area contributed by atoms with Gasteiger partial charge < -0.3 is 5.11 Å². The molecule has 2 heterocycles. The predicted octanol–water partition coefficient (Wildman–Crippen LogP) is 1.66. The molecule has 1 N–H and O–H groups in total. The highest BCUT2D eigenvalue weighted by Gasteiger charge is 2.38. The third-order valence-electron chi connectivity index (χ3n) is 4.88. The van der Waals surface area contributed by atoms with Gasteiger partial charge in [0.15, 0.2) is 5.69 Å². The normalized spacial score (nSPS) is 32.0. The summed E-state index contributed by atoms with van der Waals surface area (Å²) in [6.45, 7) is 6.61. The molecule has 2 fully saturated rings. The quantitative estimate of drug-likeness (QED) is 0.910. The average Bonchev–Trinajstić information content (AvgIpc) is 2.81. The van der Waals surface area contributed by atoms with Crippen LogP contribution in [0.1, 0.15) is 49.6 Å². The van der Waals surface area contributed by atoms with E-state index in [9.17, 15) is 4.79 Å². The Morgan fingerprint density at radius 2 is 2.10 bits per heavy atom. The van der Waals surface area contributed by atoms with Crippen molar-refractivity contribution in [1.29, 1.82) is 0 Å². The van der Waals surface area contributed by atoms with Gasteiger partial charge in [-0.05, 0) is 24.7 Å². The third-order valence-corrected chi connectivity index (χ3v) is 4.88. The fourth-order valence-corrected chi connectivity index (χ4v) is 3.49. The van der Waals surface area contributed by atoms with E-state index in [1.807, 2.05) is 0 Å². The molecule has 0 aromatic carbocycles. The molecule has 1 aromatic rings. The summed E-state index contributed by atoms with van der Waals surface area (Å²) in [5, 5.41) is 16.5. The van der Waals surface area contributed by atoms with Crippen molar-refractivity contribution in [2.45, 2.75) is 45.2 Å². The fourth-order valence-electron chi connectivity index (χ4n) is 3.49. The number of aromatic nitrogens is 3. The molecule has 0 spiro atoms. The molecule has 1 aliphatic heterocycles. The van der Waals surface area contributed by atoms with E-state index >= 15 is 0 Å². The second-order valence-electron chi connectivity index (χ2n) is 6.46. The molecular weight excluding hydrogens is 256 g/mol. The summed E-state index contributed by atoms with van der Waals surface area (Å²) in [7, 11) is 0. The van der Waals surface area contributed by atoms with Crippen molar-refractivity contribution in [2.75, 3.05) is 13.1 Å². The molecule has 1 aromatic heterocycles. The predicted molar refractivity (Wildman–Crippen MR) is 73.6 cm³/mol. The first-order chi connectivity index (χ1) is 9.54. The molecule has 6 heteroatoms. The van der Waals surface area contributed by atoms with Crippen molar-refractivity contribution < 1.29 is 9.90 Å². The number of nitrogens with zero attached hydrogens (tertiary/aromatic N) is 4. The van der Waals surface area contributed by atoms with Gasteiger partial charge in [-0.2, -0.15) is 0 Å². The molecule has 6 nitrogen and oxygen atoms in total. The lowest BCUT2D eigenvalue weighted by Crippen LogP contribution is -2.56. The fraction of sp³-hybridized carbons (Fsp3) is 0.786. The van der Waals surface area contributed by atoms with Gasteiger partial charge in [0, 0.05) is 19.1 Å². The van der Waals surface area contributed by atoms with E-state index in [2.05, 4.69) is 29.1 Å². The van der Waals surface area contributed by atoms with E-state index in [1.54, 1.807) is 4.68 Å². The smallest absolute Gasteiger partial charge is 0.358 e.